The van der Waals surface area contributed by atoms with Gasteiger partial charge in [-0.15, -0.1) is 0 Å². The van der Waals surface area contributed by atoms with Crippen LogP contribution in [-0.4, -0.2) is 20.4 Å². The number of hydrogen-bond acceptors (Lipinski definition) is 3. The summed E-state index contributed by atoms with van der Waals surface area (Å²) in [6, 6.07) is 5.64. The van der Waals surface area contributed by atoms with Gasteiger partial charge in [-0.3, -0.25) is 14.7 Å². The van der Waals surface area contributed by atoms with E-state index < -0.39 is 17.6 Å². The number of nitrogens with one attached hydrogen (secondary N) is 1. The number of pyridine rings is 1. The summed E-state index contributed by atoms with van der Waals surface area (Å²) in [6.45, 7) is 0. The molecule has 3 aromatic rings. The lowest BCUT2D eigenvalue weighted by Gasteiger charge is -2.14. The minimum absolute atomic E-state index is 0.0112. The van der Waals surface area contributed by atoms with Crippen LogP contribution in [0.1, 0.15) is 11.1 Å². The molecule has 1 N–H and O–H groups in total. The normalized spacial score (nSPS) is 13.3. The van der Waals surface area contributed by atoms with Gasteiger partial charge in [0.15, 0.2) is 5.65 Å². The fourth-order valence-corrected chi connectivity index (χ4v) is 3.18. The van der Waals surface area contributed by atoms with Gasteiger partial charge in [-0.2, -0.15) is 13.2 Å². The number of alkyl halides is 3. The molecule has 1 aliphatic rings. The van der Waals surface area contributed by atoms with Gasteiger partial charge < -0.3 is 0 Å². The maximum absolute atomic E-state index is 13.0. The molecule has 0 radical (unpaired) electrons. The highest BCUT2D eigenvalue weighted by atomic mass is 35.5. The molecule has 2 aromatic heterocycles. The summed E-state index contributed by atoms with van der Waals surface area (Å²) >= 11 is 12.0. The van der Waals surface area contributed by atoms with Gasteiger partial charge in [0, 0.05) is 16.2 Å². The second-order valence-electron chi connectivity index (χ2n) is 6.25. The van der Waals surface area contributed by atoms with E-state index in [1.165, 1.54) is 4.57 Å². The first-order valence-electron chi connectivity index (χ1n) is 8.30. The molecule has 0 aliphatic heterocycles. The Morgan fingerprint density at radius 3 is 2.62 bits per heavy atom. The molecule has 29 heavy (non-hydrogen) atoms. The Bertz CT molecular complexity index is 1200. The Morgan fingerprint density at radius 2 is 1.97 bits per heavy atom. The molecular weight excluding hydrogens is 428 g/mol. The van der Waals surface area contributed by atoms with Crippen LogP contribution in [0, 0.1) is 0 Å². The van der Waals surface area contributed by atoms with Crippen LogP contribution in [0.5, 0.6) is 0 Å². The molecule has 2 heterocycles. The monoisotopic (exact) mass is 438 g/mol. The number of carbonyl (C=O) groups excluding carboxylic acids is 1. The predicted octanol–water partition coefficient (Wildman–Crippen LogP) is 5.35. The Morgan fingerprint density at radius 1 is 1.21 bits per heavy atom. The molecule has 10 heteroatoms. The van der Waals surface area contributed by atoms with Crippen molar-refractivity contribution in [1.29, 1.82) is 0 Å². The van der Waals surface area contributed by atoms with Crippen molar-refractivity contribution in [2.45, 2.75) is 12.6 Å². The molecule has 0 atom stereocenters. The highest BCUT2D eigenvalue weighted by Gasteiger charge is 2.32. The number of carbonyl (C=O) groups is 1. The highest BCUT2D eigenvalue weighted by molar-refractivity contribution is 6.33. The molecule has 4 rings (SSSR count). The number of anilines is 1. The van der Waals surface area contributed by atoms with Crippen LogP contribution < -0.4 is 5.32 Å². The summed E-state index contributed by atoms with van der Waals surface area (Å²) in [7, 11) is 0. The van der Waals surface area contributed by atoms with Gasteiger partial charge in [0.2, 0.25) is 11.9 Å². The largest absolute Gasteiger partial charge is 0.417 e. The Balaban J connectivity index is 1.68. The van der Waals surface area contributed by atoms with Crippen molar-refractivity contribution < 1.29 is 18.0 Å². The van der Waals surface area contributed by atoms with Crippen LogP contribution in [0.2, 0.25) is 10.0 Å². The molecule has 0 saturated carbocycles. The summed E-state index contributed by atoms with van der Waals surface area (Å²) < 4.78 is 40.5. The maximum Gasteiger partial charge on any atom is 0.417 e. The van der Waals surface area contributed by atoms with Crippen LogP contribution in [0.25, 0.3) is 16.9 Å². The number of rotatable bonds is 4. The standard InChI is InChI=1S/C19H11Cl2F3N4O/c20-12-4-5-14(21)10(6-12)7-16(29)27-18-26-15-8-11(19(22,23)24)9-25-17(15)28(18)13-2-1-3-13/h1-6,8-9H,7H2,(H,26,27,29). The molecular formula is C19H11Cl2F3N4O. The Hall–Kier alpha value is -2.84. The molecule has 0 bridgehead atoms. The van der Waals surface area contributed by atoms with E-state index in [-0.39, 0.29) is 23.5 Å². The van der Waals surface area contributed by atoms with Gasteiger partial charge >= 0.3 is 6.18 Å². The van der Waals surface area contributed by atoms with Crippen molar-refractivity contribution in [2.75, 3.05) is 5.32 Å². The number of hydrogen-bond donors (Lipinski definition) is 1. The first kappa shape index (κ1) is 19.5. The SMILES string of the molecule is O=C(Cc1cc(Cl)ccc1Cl)Nc1nc2cc(C(F)(F)F)cnc2n1C1=CC=C1. The van der Waals surface area contributed by atoms with E-state index in [9.17, 15) is 18.0 Å². The Labute approximate surface area is 172 Å². The van der Waals surface area contributed by atoms with Gasteiger partial charge in [-0.1, -0.05) is 29.3 Å². The fraction of sp³-hybridized carbons (Fsp3) is 0.105. The van der Waals surface area contributed by atoms with E-state index >= 15 is 0 Å². The first-order valence-corrected chi connectivity index (χ1v) is 9.06. The fourth-order valence-electron chi connectivity index (χ4n) is 2.80. The van der Waals surface area contributed by atoms with Crippen LogP contribution in [0.3, 0.4) is 0 Å². The molecule has 1 amide bonds. The average Bonchev–Trinajstić information content (AvgIpc) is 2.93. The molecule has 0 saturated heterocycles. The second-order valence-corrected chi connectivity index (χ2v) is 7.09. The second kappa shape index (κ2) is 7.20. The van der Waals surface area contributed by atoms with Gasteiger partial charge in [-0.05, 0) is 42.0 Å². The number of fused-ring (bicyclic) bond motifs is 1. The third kappa shape index (κ3) is 3.86. The molecule has 1 aromatic carbocycles. The van der Waals surface area contributed by atoms with E-state index in [0.29, 0.717) is 21.3 Å². The number of amides is 1. The van der Waals surface area contributed by atoms with Crippen molar-refractivity contribution in [1.82, 2.24) is 14.5 Å². The zero-order valence-electron chi connectivity index (χ0n) is 14.5. The number of benzene rings is 1. The van der Waals surface area contributed by atoms with Crippen molar-refractivity contribution in [3.8, 4) is 0 Å². The number of nitrogens with zero attached hydrogens (tertiary/aromatic N) is 3. The van der Waals surface area contributed by atoms with Crippen molar-refractivity contribution in [3.63, 3.8) is 0 Å². The molecule has 0 fully saturated rings. The van der Waals surface area contributed by atoms with E-state index in [2.05, 4.69) is 15.3 Å². The van der Waals surface area contributed by atoms with Gasteiger partial charge in [0.25, 0.3) is 0 Å². The van der Waals surface area contributed by atoms with Gasteiger partial charge in [-0.25, -0.2) is 9.97 Å². The van der Waals surface area contributed by atoms with E-state index in [1.807, 2.05) is 0 Å². The zero-order chi connectivity index (χ0) is 20.8. The van der Waals surface area contributed by atoms with Crippen LogP contribution >= 0.6 is 23.2 Å². The summed E-state index contributed by atoms with van der Waals surface area (Å²) in [5.74, 6) is -0.392. The lowest BCUT2D eigenvalue weighted by Crippen LogP contribution is -2.18. The van der Waals surface area contributed by atoms with Crippen molar-refractivity contribution in [3.05, 3.63) is 69.9 Å². The van der Waals surface area contributed by atoms with E-state index in [4.69, 9.17) is 23.2 Å². The first-order chi connectivity index (χ1) is 13.7. The van der Waals surface area contributed by atoms with Crippen molar-refractivity contribution >= 4 is 51.9 Å². The lowest BCUT2D eigenvalue weighted by atomic mass is 10.1. The minimum atomic E-state index is -4.55. The summed E-state index contributed by atoms with van der Waals surface area (Å²) in [6.07, 6.45) is 1.31. The van der Waals surface area contributed by atoms with Crippen LogP contribution in [0.4, 0.5) is 19.1 Å². The molecule has 5 nitrogen and oxygen atoms in total. The smallest absolute Gasteiger partial charge is 0.295 e. The maximum atomic E-state index is 13.0. The average molecular weight is 439 g/mol. The number of allylic oxidation sites excluding steroid dienone is 4. The molecule has 148 valence electrons. The van der Waals surface area contributed by atoms with Crippen LogP contribution in [-0.2, 0) is 17.4 Å². The number of halogens is 5. The summed E-state index contributed by atoms with van der Waals surface area (Å²) in [5, 5.41) is 3.42. The van der Waals surface area contributed by atoms with E-state index in [1.54, 1.807) is 36.4 Å². The lowest BCUT2D eigenvalue weighted by molar-refractivity contribution is -0.137. The van der Waals surface area contributed by atoms with Gasteiger partial charge in [0.05, 0.1) is 17.7 Å². The molecule has 1 aliphatic carbocycles. The molecule has 0 unspecified atom stereocenters. The quantitative estimate of drug-likeness (QED) is 0.597. The zero-order valence-corrected chi connectivity index (χ0v) is 16.0. The number of imidazole rings is 1. The Kier molecular flexibility index (Phi) is 4.84. The topological polar surface area (TPSA) is 59.8 Å². The molecule has 0 spiro atoms. The highest BCUT2D eigenvalue weighted by Crippen LogP contribution is 2.33. The van der Waals surface area contributed by atoms with Crippen molar-refractivity contribution in [2.24, 2.45) is 0 Å². The summed E-state index contributed by atoms with van der Waals surface area (Å²) in [5.41, 5.74) is 0.439. The summed E-state index contributed by atoms with van der Waals surface area (Å²) in [4.78, 5) is 20.6. The van der Waals surface area contributed by atoms with Crippen LogP contribution in [0.15, 0.2) is 48.7 Å². The minimum Gasteiger partial charge on any atom is -0.295 e. The predicted molar refractivity (Wildman–Crippen MR) is 105 cm³/mol. The number of aromatic nitrogens is 3. The van der Waals surface area contributed by atoms with E-state index in [0.717, 1.165) is 12.3 Å². The third-order valence-corrected chi connectivity index (χ3v) is 4.83. The van der Waals surface area contributed by atoms with Gasteiger partial charge in [0.1, 0.15) is 5.52 Å². The third-order valence-electron chi connectivity index (χ3n) is 4.23.